The summed E-state index contributed by atoms with van der Waals surface area (Å²) in [7, 11) is 0. The molecule has 0 aliphatic carbocycles. The Kier molecular flexibility index (Phi) is 7.90. The van der Waals surface area contributed by atoms with Crippen LogP contribution in [-0.4, -0.2) is 6.61 Å². The van der Waals surface area contributed by atoms with E-state index in [2.05, 4.69) is 11.8 Å². The number of aryl methyl sites for hydroxylation is 2. The van der Waals surface area contributed by atoms with Crippen LogP contribution in [0.5, 0.6) is 5.75 Å². The third-order valence-corrected chi connectivity index (χ3v) is 5.79. The van der Waals surface area contributed by atoms with E-state index in [9.17, 15) is 22.0 Å². The third-order valence-electron chi connectivity index (χ3n) is 5.79. The molecule has 6 heteroatoms. The highest BCUT2D eigenvalue weighted by Crippen LogP contribution is 2.22. The first-order chi connectivity index (χ1) is 17.3. The van der Waals surface area contributed by atoms with E-state index in [0.29, 0.717) is 39.8 Å². The number of benzene rings is 4. The van der Waals surface area contributed by atoms with Gasteiger partial charge in [-0.25, -0.2) is 22.0 Å². The van der Waals surface area contributed by atoms with Gasteiger partial charge in [-0.2, -0.15) is 0 Å². The monoisotopic (exact) mass is 494 g/mol. The summed E-state index contributed by atoms with van der Waals surface area (Å²) in [5.74, 6) is 1.58. The lowest BCUT2D eigenvalue weighted by Gasteiger charge is -2.09. The first-order valence-corrected chi connectivity index (χ1v) is 11.6. The van der Waals surface area contributed by atoms with Crippen molar-refractivity contribution in [3.8, 4) is 17.6 Å². The molecule has 4 aromatic rings. The van der Waals surface area contributed by atoms with Crippen LogP contribution < -0.4 is 4.74 Å². The lowest BCUT2D eigenvalue weighted by molar-refractivity contribution is 0.307. The van der Waals surface area contributed by atoms with Crippen LogP contribution in [0.15, 0.2) is 60.7 Å². The largest absolute Gasteiger partial charge is 0.493 e. The van der Waals surface area contributed by atoms with Gasteiger partial charge in [-0.1, -0.05) is 37.3 Å². The fourth-order valence-corrected chi connectivity index (χ4v) is 3.78. The molecule has 0 unspecified atom stereocenters. The van der Waals surface area contributed by atoms with Crippen LogP contribution in [0.2, 0.25) is 0 Å². The first kappa shape index (κ1) is 25.2. The van der Waals surface area contributed by atoms with Gasteiger partial charge in [0.15, 0.2) is 11.6 Å². The molecule has 0 radical (unpaired) electrons. The van der Waals surface area contributed by atoms with Crippen molar-refractivity contribution < 1.29 is 26.7 Å². The van der Waals surface area contributed by atoms with E-state index in [1.54, 1.807) is 24.3 Å². The van der Waals surface area contributed by atoms with Crippen molar-refractivity contribution in [2.24, 2.45) is 0 Å². The van der Waals surface area contributed by atoms with Crippen molar-refractivity contribution in [3.05, 3.63) is 112 Å². The Bertz CT molecular complexity index is 1440. The van der Waals surface area contributed by atoms with Gasteiger partial charge in [0, 0.05) is 11.6 Å². The van der Waals surface area contributed by atoms with Gasteiger partial charge in [0.1, 0.15) is 23.2 Å². The molecular formula is C30H23F5O. The van der Waals surface area contributed by atoms with Crippen LogP contribution in [0.4, 0.5) is 22.0 Å². The van der Waals surface area contributed by atoms with Gasteiger partial charge in [-0.15, -0.1) is 0 Å². The summed E-state index contributed by atoms with van der Waals surface area (Å²) in [5, 5.41) is 0.904. The molecule has 36 heavy (non-hydrogen) atoms. The number of ether oxygens (including phenoxy) is 1. The maximum absolute atomic E-state index is 14.6. The Balaban J connectivity index is 1.47. The van der Waals surface area contributed by atoms with Gasteiger partial charge in [-0.05, 0) is 83.6 Å². The summed E-state index contributed by atoms with van der Waals surface area (Å²) in [6.45, 7) is 2.55. The SMILES string of the molecule is CCCCOc1ccc(CCc2cc(F)c(C#Cc3ccc4cc(F)c(F)cc4c3)c(F)c2)c(F)c1. The van der Waals surface area contributed by atoms with Crippen molar-refractivity contribution in [2.45, 2.75) is 32.6 Å². The second-order valence-corrected chi connectivity index (χ2v) is 8.47. The van der Waals surface area contributed by atoms with Crippen LogP contribution in [0.3, 0.4) is 0 Å². The molecule has 0 aliphatic rings. The zero-order valence-electron chi connectivity index (χ0n) is 19.6. The van der Waals surface area contributed by atoms with Crippen LogP contribution in [0.1, 0.15) is 42.0 Å². The molecule has 0 atom stereocenters. The van der Waals surface area contributed by atoms with Crippen molar-refractivity contribution in [3.63, 3.8) is 0 Å². The van der Waals surface area contributed by atoms with Gasteiger partial charge in [0.25, 0.3) is 0 Å². The number of rotatable bonds is 7. The predicted octanol–water partition coefficient (Wildman–Crippen LogP) is 7.90. The molecule has 184 valence electrons. The van der Waals surface area contributed by atoms with E-state index < -0.39 is 34.6 Å². The summed E-state index contributed by atoms with van der Waals surface area (Å²) in [4.78, 5) is 0. The predicted molar refractivity (Wildman–Crippen MR) is 130 cm³/mol. The number of unbranched alkanes of at least 4 members (excludes halogenated alkanes) is 1. The summed E-state index contributed by atoms with van der Waals surface area (Å²) in [6, 6.07) is 13.7. The molecule has 0 fully saturated rings. The standard InChI is InChI=1S/C30H23F5O/c1-2-3-12-36-24-10-9-21(26(31)18-24)7-5-20-14-27(32)25(28(33)15-20)11-6-19-4-8-22-16-29(34)30(35)17-23(22)13-19/h4,8-10,13-18H,2-3,5,7,12H2,1H3. The van der Waals surface area contributed by atoms with E-state index in [1.165, 1.54) is 24.3 Å². The average molecular weight is 495 g/mol. The fourth-order valence-electron chi connectivity index (χ4n) is 3.78. The molecule has 0 N–H and O–H groups in total. The Morgan fingerprint density at radius 1 is 0.667 bits per heavy atom. The lowest BCUT2D eigenvalue weighted by atomic mass is 10.0. The van der Waals surface area contributed by atoms with Crippen molar-refractivity contribution in [2.75, 3.05) is 6.61 Å². The summed E-state index contributed by atoms with van der Waals surface area (Å²) >= 11 is 0. The number of hydrogen-bond donors (Lipinski definition) is 0. The van der Waals surface area contributed by atoms with E-state index >= 15 is 0 Å². The molecule has 0 saturated carbocycles. The van der Waals surface area contributed by atoms with Gasteiger partial charge in [-0.3, -0.25) is 0 Å². The van der Waals surface area contributed by atoms with Gasteiger partial charge in [0.2, 0.25) is 0 Å². The second kappa shape index (κ2) is 11.3. The molecule has 4 rings (SSSR count). The minimum atomic E-state index is -0.989. The van der Waals surface area contributed by atoms with Crippen LogP contribution in [0, 0.1) is 40.9 Å². The molecule has 0 saturated heterocycles. The van der Waals surface area contributed by atoms with Gasteiger partial charge >= 0.3 is 0 Å². The van der Waals surface area contributed by atoms with Crippen LogP contribution in [0.25, 0.3) is 10.8 Å². The third kappa shape index (κ3) is 6.04. The number of fused-ring (bicyclic) bond motifs is 1. The first-order valence-electron chi connectivity index (χ1n) is 11.6. The Morgan fingerprint density at radius 3 is 2.08 bits per heavy atom. The highest BCUT2D eigenvalue weighted by atomic mass is 19.2. The smallest absolute Gasteiger partial charge is 0.159 e. The highest BCUT2D eigenvalue weighted by Gasteiger charge is 2.11. The highest BCUT2D eigenvalue weighted by molar-refractivity contribution is 5.84. The van der Waals surface area contributed by atoms with Gasteiger partial charge in [0.05, 0.1) is 12.2 Å². The molecule has 0 spiro atoms. The molecule has 4 aromatic carbocycles. The topological polar surface area (TPSA) is 9.23 Å². The Labute approximate surface area is 206 Å². The molecule has 0 heterocycles. The zero-order valence-corrected chi connectivity index (χ0v) is 19.6. The van der Waals surface area contributed by atoms with E-state index in [0.717, 1.165) is 25.0 Å². The number of hydrogen-bond acceptors (Lipinski definition) is 1. The summed E-state index contributed by atoms with van der Waals surface area (Å²) < 4.78 is 76.1. The van der Waals surface area contributed by atoms with Crippen molar-refractivity contribution in [1.29, 1.82) is 0 Å². The lowest BCUT2D eigenvalue weighted by Crippen LogP contribution is -2.00. The number of halogens is 5. The molecule has 0 aromatic heterocycles. The van der Waals surface area contributed by atoms with Crippen molar-refractivity contribution >= 4 is 10.8 Å². The quantitative estimate of drug-likeness (QED) is 0.144. The molecule has 1 nitrogen and oxygen atoms in total. The summed E-state index contributed by atoms with van der Waals surface area (Å²) in [6.07, 6.45) is 2.36. The molecule has 0 bridgehead atoms. The minimum absolute atomic E-state index is 0.237. The average Bonchev–Trinajstić information content (AvgIpc) is 2.84. The van der Waals surface area contributed by atoms with Crippen LogP contribution in [-0.2, 0) is 12.8 Å². The molecule has 0 amide bonds. The maximum atomic E-state index is 14.6. The minimum Gasteiger partial charge on any atom is -0.493 e. The normalized spacial score (nSPS) is 10.8. The maximum Gasteiger partial charge on any atom is 0.159 e. The molecular weight excluding hydrogens is 471 g/mol. The van der Waals surface area contributed by atoms with E-state index in [4.69, 9.17) is 4.74 Å². The second-order valence-electron chi connectivity index (χ2n) is 8.47. The van der Waals surface area contributed by atoms with E-state index in [-0.39, 0.29) is 12.8 Å². The Morgan fingerprint density at radius 2 is 1.39 bits per heavy atom. The summed E-state index contributed by atoms with van der Waals surface area (Å²) in [5.41, 5.74) is 0.800. The fraction of sp³-hybridized carbons (Fsp3) is 0.200. The van der Waals surface area contributed by atoms with Crippen molar-refractivity contribution in [1.82, 2.24) is 0 Å². The van der Waals surface area contributed by atoms with Crippen LogP contribution >= 0.6 is 0 Å². The Hall–Kier alpha value is -3.85. The van der Waals surface area contributed by atoms with Gasteiger partial charge < -0.3 is 4.74 Å². The zero-order chi connectivity index (χ0) is 25.7. The van der Waals surface area contributed by atoms with E-state index in [1.807, 2.05) is 6.92 Å². The molecule has 0 aliphatic heterocycles.